The second-order valence-corrected chi connectivity index (χ2v) is 9.03. The molecule has 1 aliphatic rings. The summed E-state index contributed by atoms with van der Waals surface area (Å²) in [5, 5.41) is 0. The standard InChI is InChI=1S/C20H27N5O3S/c1-4-16(5-2)20(26)24-10-12-25(13-11-24)29(27,28)18-14-22-19(23-15(18)3)17-6-8-21-9-7-17/h6-9,14,16H,4-5,10-13H2,1-3H3. The van der Waals surface area contributed by atoms with Crippen LogP contribution in [0.15, 0.2) is 35.6 Å². The van der Waals surface area contributed by atoms with Crippen LogP contribution < -0.4 is 0 Å². The van der Waals surface area contributed by atoms with Crippen LogP contribution in [0.5, 0.6) is 0 Å². The number of hydrogen-bond donors (Lipinski definition) is 0. The molecule has 3 heterocycles. The van der Waals surface area contributed by atoms with Crippen LogP contribution in [-0.4, -0.2) is 64.7 Å². The van der Waals surface area contributed by atoms with Crippen LogP contribution in [0.25, 0.3) is 11.4 Å². The highest BCUT2D eigenvalue weighted by molar-refractivity contribution is 7.89. The van der Waals surface area contributed by atoms with Crippen molar-refractivity contribution in [1.82, 2.24) is 24.2 Å². The number of hydrogen-bond acceptors (Lipinski definition) is 6. The van der Waals surface area contributed by atoms with E-state index >= 15 is 0 Å². The number of aromatic nitrogens is 3. The Morgan fingerprint density at radius 2 is 1.72 bits per heavy atom. The van der Waals surface area contributed by atoms with E-state index in [0.717, 1.165) is 18.4 Å². The lowest BCUT2D eigenvalue weighted by Gasteiger charge is -2.35. The van der Waals surface area contributed by atoms with E-state index in [1.54, 1.807) is 36.4 Å². The lowest BCUT2D eigenvalue weighted by Crippen LogP contribution is -2.51. The number of carbonyl (C=O) groups is 1. The zero-order chi connectivity index (χ0) is 21.0. The van der Waals surface area contributed by atoms with Gasteiger partial charge in [0.05, 0.1) is 11.9 Å². The third kappa shape index (κ3) is 4.45. The summed E-state index contributed by atoms with van der Waals surface area (Å²) >= 11 is 0. The molecule has 0 unspecified atom stereocenters. The van der Waals surface area contributed by atoms with Crippen LogP contribution in [0.3, 0.4) is 0 Å². The van der Waals surface area contributed by atoms with Crippen LogP contribution >= 0.6 is 0 Å². The summed E-state index contributed by atoms with van der Waals surface area (Å²) in [6.07, 6.45) is 6.25. The topological polar surface area (TPSA) is 96.4 Å². The summed E-state index contributed by atoms with van der Waals surface area (Å²) in [7, 11) is -3.71. The molecule has 0 radical (unpaired) electrons. The molecule has 0 spiro atoms. The summed E-state index contributed by atoms with van der Waals surface area (Å²) in [5.41, 5.74) is 1.18. The monoisotopic (exact) mass is 417 g/mol. The zero-order valence-corrected chi connectivity index (χ0v) is 17.9. The van der Waals surface area contributed by atoms with E-state index in [1.165, 1.54) is 10.5 Å². The van der Waals surface area contributed by atoms with Crippen molar-refractivity contribution >= 4 is 15.9 Å². The minimum absolute atomic E-state index is 0.00883. The van der Waals surface area contributed by atoms with Gasteiger partial charge in [0.2, 0.25) is 15.9 Å². The maximum absolute atomic E-state index is 13.1. The van der Waals surface area contributed by atoms with Gasteiger partial charge in [-0.15, -0.1) is 0 Å². The number of rotatable bonds is 6. The highest BCUT2D eigenvalue weighted by Crippen LogP contribution is 2.23. The summed E-state index contributed by atoms with van der Waals surface area (Å²) in [4.78, 5) is 27.0. The van der Waals surface area contributed by atoms with E-state index in [2.05, 4.69) is 15.0 Å². The van der Waals surface area contributed by atoms with E-state index in [1.807, 2.05) is 13.8 Å². The third-order valence-electron chi connectivity index (χ3n) is 5.38. The van der Waals surface area contributed by atoms with Gasteiger partial charge in [-0.3, -0.25) is 9.78 Å². The summed E-state index contributed by atoms with van der Waals surface area (Å²) in [6, 6.07) is 3.55. The van der Waals surface area contributed by atoms with E-state index in [4.69, 9.17) is 0 Å². The molecule has 2 aromatic heterocycles. The molecule has 1 fully saturated rings. The highest BCUT2D eigenvalue weighted by atomic mass is 32.2. The number of carbonyl (C=O) groups excluding carboxylic acids is 1. The fraction of sp³-hybridized carbons (Fsp3) is 0.500. The van der Waals surface area contributed by atoms with Gasteiger partial charge in [-0.25, -0.2) is 18.4 Å². The third-order valence-corrected chi connectivity index (χ3v) is 7.38. The molecule has 0 atom stereocenters. The average Bonchev–Trinajstić information content (AvgIpc) is 2.75. The smallest absolute Gasteiger partial charge is 0.246 e. The SMILES string of the molecule is CCC(CC)C(=O)N1CCN(S(=O)(=O)c2cnc(-c3ccncc3)nc2C)CC1. The minimum Gasteiger partial charge on any atom is -0.340 e. The first-order valence-electron chi connectivity index (χ1n) is 9.91. The number of nitrogens with zero attached hydrogens (tertiary/aromatic N) is 5. The first-order chi connectivity index (χ1) is 13.9. The lowest BCUT2D eigenvalue weighted by atomic mass is 10.0. The van der Waals surface area contributed by atoms with Gasteiger partial charge in [-0.1, -0.05) is 13.8 Å². The van der Waals surface area contributed by atoms with Gasteiger partial charge in [0.25, 0.3) is 0 Å². The van der Waals surface area contributed by atoms with Crippen molar-refractivity contribution in [2.75, 3.05) is 26.2 Å². The Kier molecular flexibility index (Phi) is 6.59. The summed E-state index contributed by atoms with van der Waals surface area (Å²) in [5.74, 6) is 0.590. The van der Waals surface area contributed by atoms with Crippen LogP contribution in [0.2, 0.25) is 0 Å². The molecule has 1 amide bonds. The Morgan fingerprint density at radius 3 is 2.28 bits per heavy atom. The van der Waals surface area contributed by atoms with Crippen molar-refractivity contribution in [2.45, 2.75) is 38.5 Å². The quantitative estimate of drug-likeness (QED) is 0.714. The molecule has 29 heavy (non-hydrogen) atoms. The second-order valence-electron chi connectivity index (χ2n) is 7.12. The van der Waals surface area contributed by atoms with Crippen molar-refractivity contribution < 1.29 is 13.2 Å². The van der Waals surface area contributed by atoms with Gasteiger partial charge in [0.15, 0.2) is 5.82 Å². The number of sulfonamides is 1. The maximum Gasteiger partial charge on any atom is 0.246 e. The Morgan fingerprint density at radius 1 is 1.10 bits per heavy atom. The van der Waals surface area contributed by atoms with Gasteiger partial charge in [0.1, 0.15) is 4.90 Å². The van der Waals surface area contributed by atoms with Crippen molar-refractivity contribution in [3.8, 4) is 11.4 Å². The van der Waals surface area contributed by atoms with Crippen molar-refractivity contribution in [3.05, 3.63) is 36.4 Å². The fourth-order valence-electron chi connectivity index (χ4n) is 3.53. The molecule has 8 nitrogen and oxygen atoms in total. The van der Waals surface area contributed by atoms with Crippen molar-refractivity contribution in [3.63, 3.8) is 0 Å². The number of aryl methyl sites for hydroxylation is 1. The molecule has 9 heteroatoms. The number of amides is 1. The molecule has 156 valence electrons. The molecule has 0 N–H and O–H groups in total. The number of pyridine rings is 1. The molecular formula is C20H27N5O3S. The largest absolute Gasteiger partial charge is 0.340 e. The van der Waals surface area contributed by atoms with Gasteiger partial charge in [-0.05, 0) is 31.9 Å². The normalized spacial score (nSPS) is 15.7. The number of piperazine rings is 1. The first-order valence-corrected chi connectivity index (χ1v) is 11.4. The van der Waals surface area contributed by atoms with Gasteiger partial charge >= 0.3 is 0 Å². The van der Waals surface area contributed by atoms with Crippen LogP contribution in [-0.2, 0) is 14.8 Å². The fourth-order valence-corrected chi connectivity index (χ4v) is 5.06. The molecule has 1 saturated heterocycles. The van der Waals surface area contributed by atoms with E-state index in [-0.39, 0.29) is 29.8 Å². The lowest BCUT2D eigenvalue weighted by molar-refractivity contribution is -0.136. The second kappa shape index (κ2) is 8.96. The Balaban J connectivity index is 1.74. The zero-order valence-electron chi connectivity index (χ0n) is 17.1. The minimum atomic E-state index is -3.71. The summed E-state index contributed by atoms with van der Waals surface area (Å²) < 4.78 is 27.6. The van der Waals surface area contributed by atoms with E-state index in [9.17, 15) is 13.2 Å². The molecule has 0 aromatic carbocycles. The molecule has 0 bridgehead atoms. The predicted octanol–water partition coefficient (Wildman–Crippen LogP) is 2.12. The average molecular weight is 418 g/mol. The van der Waals surface area contributed by atoms with E-state index in [0.29, 0.717) is 24.6 Å². The van der Waals surface area contributed by atoms with E-state index < -0.39 is 10.0 Å². The first kappa shape index (κ1) is 21.3. The molecule has 0 saturated carbocycles. The summed E-state index contributed by atoms with van der Waals surface area (Å²) in [6.45, 7) is 7.05. The molecule has 2 aromatic rings. The Bertz CT molecular complexity index is 953. The molecular weight excluding hydrogens is 390 g/mol. The molecule has 1 aliphatic heterocycles. The van der Waals surface area contributed by atoms with Crippen LogP contribution in [0, 0.1) is 12.8 Å². The van der Waals surface area contributed by atoms with Crippen LogP contribution in [0.4, 0.5) is 0 Å². The van der Waals surface area contributed by atoms with Gasteiger partial charge in [0, 0.05) is 50.1 Å². The molecule has 0 aliphatic carbocycles. The Labute approximate surface area is 172 Å². The van der Waals surface area contributed by atoms with Crippen LogP contribution in [0.1, 0.15) is 32.4 Å². The maximum atomic E-state index is 13.1. The predicted molar refractivity (Wildman–Crippen MR) is 109 cm³/mol. The Hall–Kier alpha value is -2.39. The van der Waals surface area contributed by atoms with Crippen molar-refractivity contribution in [1.29, 1.82) is 0 Å². The van der Waals surface area contributed by atoms with Crippen molar-refractivity contribution in [2.24, 2.45) is 5.92 Å². The van der Waals surface area contributed by atoms with Gasteiger partial charge < -0.3 is 4.90 Å². The van der Waals surface area contributed by atoms with Gasteiger partial charge in [-0.2, -0.15) is 4.31 Å². The highest BCUT2D eigenvalue weighted by Gasteiger charge is 2.33. The molecule has 3 rings (SSSR count).